The van der Waals surface area contributed by atoms with Crippen molar-refractivity contribution in [2.45, 2.75) is 16.5 Å². The van der Waals surface area contributed by atoms with Gasteiger partial charge in [0.05, 0.1) is 6.26 Å². The summed E-state index contributed by atoms with van der Waals surface area (Å²) >= 11 is 0.768. The van der Waals surface area contributed by atoms with Gasteiger partial charge in [-0.05, 0) is 23.9 Å². The number of rotatable bonds is 4. The van der Waals surface area contributed by atoms with Crippen LogP contribution >= 0.6 is 11.8 Å². The first kappa shape index (κ1) is 17.1. The molecule has 12 heteroatoms. The first-order chi connectivity index (χ1) is 11.8. The Morgan fingerprint density at radius 2 is 2.00 bits per heavy atom. The Balaban J connectivity index is 1.97. The molecule has 25 heavy (non-hydrogen) atoms. The van der Waals surface area contributed by atoms with Crippen molar-refractivity contribution >= 4 is 17.6 Å². The van der Waals surface area contributed by atoms with E-state index in [4.69, 9.17) is 10.3 Å². The van der Waals surface area contributed by atoms with E-state index in [-0.39, 0.29) is 22.0 Å². The summed E-state index contributed by atoms with van der Waals surface area (Å²) in [4.78, 5) is 9.05. The lowest BCUT2D eigenvalue weighted by Gasteiger charge is -2.14. The highest BCUT2D eigenvalue weighted by Crippen LogP contribution is 2.33. The summed E-state index contributed by atoms with van der Waals surface area (Å²) in [5.74, 6) is 6.60. The highest BCUT2D eigenvalue weighted by Gasteiger charge is 2.34. The van der Waals surface area contributed by atoms with Crippen molar-refractivity contribution in [3.63, 3.8) is 0 Å². The smallest absolute Gasteiger partial charge is 0.433 e. The van der Waals surface area contributed by atoms with Crippen LogP contribution in [-0.4, -0.2) is 38.9 Å². The van der Waals surface area contributed by atoms with Crippen LogP contribution in [0.3, 0.4) is 0 Å². The third-order valence-corrected chi connectivity index (χ3v) is 3.86. The Labute approximate surface area is 143 Å². The fraction of sp³-hybridized carbons (Fsp3) is 0.231. The van der Waals surface area contributed by atoms with Crippen LogP contribution in [0.5, 0.6) is 0 Å². The molecule has 132 valence electrons. The molecule has 0 aliphatic carbocycles. The van der Waals surface area contributed by atoms with Crippen LogP contribution in [0.2, 0.25) is 0 Å². The second-order valence-electron chi connectivity index (χ2n) is 5.04. The molecule has 0 bridgehead atoms. The van der Waals surface area contributed by atoms with E-state index in [2.05, 4.69) is 20.2 Å². The molecular weight excluding hydrogens is 359 g/mol. The zero-order chi connectivity index (χ0) is 18.2. The second-order valence-corrected chi connectivity index (χ2v) is 5.98. The molecule has 0 spiro atoms. The maximum atomic E-state index is 13.0. The molecule has 3 aromatic rings. The number of furan rings is 1. The third kappa shape index (κ3) is 3.52. The minimum Gasteiger partial charge on any atom is -0.461 e. The van der Waals surface area contributed by atoms with Gasteiger partial charge in [0.15, 0.2) is 16.6 Å². The molecule has 0 aromatic carbocycles. The number of nitrogen functional groups attached to an aromatic ring is 1. The zero-order valence-electron chi connectivity index (χ0n) is 13.0. The molecule has 0 aliphatic heterocycles. The van der Waals surface area contributed by atoms with Crippen LogP contribution in [0.1, 0.15) is 5.69 Å². The van der Waals surface area contributed by atoms with Crippen molar-refractivity contribution in [1.82, 2.24) is 24.8 Å². The monoisotopic (exact) mass is 371 g/mol. The average molecular weight is 371 g/mol. The maximum Gasteiger partial charge on any atom is 0.433 e. The summed E-state index contributed by atoms with van der Waals surface area (Å²) in [5, 5.41) is 7.69. The van der Waals surface area contributed by atoms with E-state index < -0.39 is 11.9 Å². The molecule has 0 atom stereocenters. The minimum absolute atomic E-state index is 0.110. The molecule has 0 amide bonds. The molecule has 8 nitrogen and oxygen atoms in total. The number of anilines is 1. The quantitative estimate of drug-likeness (QED) is 0.551. The van der Waals surface area contributed by atoms with E-state index in [0.717, 1.165) is 22.5 Å². The fourth-order valence-electron chi connectivity index (χ4n) is 1.83. The average Bonchev–Trinajstić information content (AvgIpc) is 3.17. The molecule has 0 radical (unpaired) electrons. The van der Waals surface area contributed by atoms with Crippen LogP contribution in [0.4, 0.5) is 19.0 Å². The normalized spacial score (nSPS) is 11.7. The summed E-state index contributed by atoms with van der Waals surface area (Å²) in [6.07, 6.45) is -3.16. The summed E-state index contributed by atoms with van der Waals surface area (Å²) < 4.78 is 45.4. The molecule has 0 fully saturated rings. The molecule has 0 aliphatic rings. The third-order valence-electron chi connectivity index (χ3n) is 3.03. The van der Waals surface area contributed by atoms with Crippen molar-refractivity contribution in [2.24, 2.45) is 0 Å². The van der Waals surface area contributed by atoms with Crippen molar-refractivity contribution < 1.29 is 17.6 Å². The summed E-state index contributed by atoms with van der Waals surface area (Å²) in [5.41, 5.74) is -1.05. The van der Waals surface area contributed by atoms with Crippen LogP contribution in [0.15, 0.2) is 39.2 Å². The van der Waals surface area contributed by atoms with Gasteiger partial charge in [-0.25, -0.2) is 14.6 Å². The lowest BCUT2D eigenvalue weighted by molar-refractivity contribution is -0.141. The van der Waals surface area contributed by atoms with Crippen molar-refractivity contribution in [2.75, 3.05) is 24.8 Å². The van der Waals surface area contributed by atoms with Crippen molar-refractivity contribution in [3.05, 3.63) is 30.2 Å². The first-order valence-corrected chi connectivity index (χ1v) is 7.63. The Morgan fingerprint density at radius 1 is 1.24 bits per heavy atom. The van der Waals surface area contributed by atoms with E-state index in [1.54, 1.807) is 26.2 Å². The van der Waals surface area contributed by atoms with Gasteiger partial charge < -0.3 is 15.2 Å². The van der Waals surface area contributed by atoms with E-state index in [1.807, 2.05) is 0 Å². The Hall–Kier alpha value is -2.76. The van der Waals surface area contributed by atoms with Gasteiger partial charge in [-0.1, -0.05) is 0 Å². The van der Waals surface area contributed by atoms with Crippen LogP contribution < -0.4 is 10.7 Å². The Bertz CT molecular complexity index is 876. The largest absolute Gasteiger partial charge is 0.461 e. The zero-order valence-corrected chi connectivity index (χ0v) is 13.8. The molecule has 3 rings (SSSR count). The lowest BCUT2D eigenvalue weighted by Crippen LogP contribution is -2.16. The predicted molar refractivity (Wildman–Crippen MR) is 83.4 cm³/mol. The Morgan fingerprint density at radius 3 is 2.60 bits per heavy atom. The van der Waals surface area contributed by atoms with Gasteiger partial charge in [0.25, 0.3) is 0 Å². The number of nitrogens with zero attached hydrogens (tertiary/aromatic N) is 6. The van der Waals surface area contributed by atoms with Crippen molar-refractivity contribution in [3.8, 4) is 11.6 Å². The SMILES string of the molecule is CN(C)c1cc(C(F)(F)F)nc(Sc2nnc(-c3ccco3)n2N)n1. The van der Waals surface area contributed by atoms with E-state index in [1.165, 1.54) is 11.2 Å². The van der Waals surface area contributed by atoms with Gasteiger partial charge in [0.2, 0.25) is 11.0 Å². The minimum atomic E-state index is -4.60. The molecule has 0 unspecified atom stereocenters. The predicted octanol–water partition coefficient (Wildman–Crippen LogP) is 2.28. The molecular formula is C13H12F3N7OS. The number of halogens is 3. The first-order valence-electron chi connectivity index (χ1n) is 6.81. The Kier molecular flexibility index (Phi) is 4.29. The second kappa shape index (κ2) is 6.27. The van der Waals surface area contributed by atoms with Gasteiger partial charge >= 0.3 is 6.18 Å². The van der Waals surface area contributed by atoms with Gasteiger partial charge in [-0.15, -0.1) is 10.2 Å². The number of hydrogen-bond donors (Lipinski definition) is 1. The van der Waals surface area contributed by atoms with E-state index >= 15 is 0 Å². The summed E-state index contributed by atoms with van der Waals surface area (Å²) in [6.45, 7) is 0. The number of alkyl halides is 3. The van der Waals surface area contributed by atoms with Crippen LogP contribution in [-0.2, 0) is 6.18 Å². The topological polar surface area (TPSA) is 98.9 Å². The molecule has 3 aromatic heterocycles. The van der Waals surface area contributed by atoms with Crippen LogP contribution in [0, 0.1) is 0 Å². The summed E-state index contributed by atoms with van der Waals surface area (Å²) in [6, 6.07) is 4.15. The molecule has 3 heterocycles. The number of aromatic nitrogens is 5. The van der Waals surface area contributed by atoms with Crippen molar-refractivity contribution in [1.29, 1.82) is 0 Å². The fourth-order valence-corrected chi connectivity index (χ4v) is 2.55. The van der Waals surface area contributed by atoms with E-state index in [0.29, 0.717) is 5.76 Å². The van der Waals surface area contributed by atoms with Gasteiger partial charge in [-0.3, -0.25) is 0 Å². The van der Waals surface area contributed by atoms with E-state index in [9.17, 15) is 13.2 Å². The summed E-state index contributed by atoms with van der Waals surface area (Å²) in [7, 11) is 3.16. The van der Waals surface area contributed by atoms with Gasteiger partial charge in [0, 0.05) is 20.2 Å². The van der Waals surface area contributed by atoms with Gasteiger partial charge in [-0.2, -0.15) is 13.2 Å². The molecule has 0 saturated heterocycles. The number of nitrogens with two attached hydrogens (primary N) is 1. The highest BCUT2D eigenvalue weighted by molar-refractivity contribution is 7.99. The highest BCUT2D eigenvalue weighted by atomic mass is 32.2. The molecule has 0 saturated carbocycles. The van der Waals surface area contributed by atoms with Crippen LogP contribution in [0.25, 0.3) is 11.6 Å². The maximum absolute atomic E-state index is 13.0. The lowest BCUT2D eigenvalue weighted by atomic mass is 10.4. The molecule has 2 N–H and O–H groups in total. The van der Waals surface area contributed by atoms with Gasteiger partial charge in [0.1, 0.15) is 5.82 Å². The number of hydrogen-bond acceptors (Lipinski definition) is 8. The standard InChI is InChI=1S/C13H12F3N7OS/c1-22(2)9-6-8(13(14,15)16)18-11(19-9)25-12-21-20-10(23(12)17)7-4-3-5-24-7/h3-6H,17H2,1-2H3.